The maximum atomic E-state index is 11.4. The summed E-state index contributed by atoms with van der Waals surface area (Å²) in [6.07, 6.45) is 1.22. The molecule has 162 valence electrons. The highest BCUT2D eigenvalue weighted by Crippen LogP contribution is 2.24. The number of carbonyl (C=O) groups excluding carboxylic acids is 1. The number of hydrogen-bond donors (Lipinski definition) is 0. The molecule has 31 heavy (non-hydrogen) atoms. The zero-order valence-corrected chi connectivity index (χ0v) is 18.4. The van der Waals surface area contributed by atoms with Crippen LogP contribution in [0.3, 0.4) is 0 Å². The van der Waals surface area contributed by atoms with Gasteiger partial charge in [0.1, 0.15) is 11.5 Å². The Morgan fingerprint density at radius 3 is 2.26 bits per heavy atom. The molecule has 0 aliphatic rings. The number of para-hydroxylation sites is 1. The van der Waals surface area contributed by atoms with E-state index in [9.17, 15) is 4.79 Å². The van der Waals surface area contributed by atoms with E-state index in [1.165, 1.54) is 12.5 Å². The van der Waals surface area contributed by atoms with Gasteiger partial charge in [0.15, 0.2) is 0 Å². The molecule has 0 spiro atoms. The van der Waals surface area contributed by atoms with Gasteiger partial charge < -0.3 is 14.2 Å². The van der Waals surface area contributed by atoms with Crippen LogP contribution in [0.1, 0.15) is 49.8 Å². The standard InChI is InChI=1S/C27H30O4/c1-4-20(2)23-14-16-25(17-15-23)31-27(18-22-10-6-5-7-11-22)29-19-24-12-8-9-13-26(24)30-21(3)28/h5-17,20,27H,4,18-19H2,1-3H3. The Hall–Kier alpha value is -3.11. The van der Waals surface area contributed by atoms with E-state index in [2.05, 4.69) is 38.1 Å². The van der Waals surface area contributed by atoms with Gasteiger partial charge in [-0.1, -0.05) is 74.5 Å². The van der Waals surface area contributed by atoms with Gasteiger partial charge in [0.2, 0.25) is 6.29 Å². The summed E-state index contributed by atoms with van der Waals surface area (Å²) in [4.78, 5) is 11.4. The molecule has 0 aliphatic heterocycles. The van der Waals surface area contributed by atoms with E-state index in [0.717, 1.165) is 23.3 Å². The van der Waals surface area contributed by atoms with Crippen LogP contribution >= 0.6 is 0 Å². The molecular formula is C27H30O4. The number of rotatable bonds is 10. The lowest BCUT2D eigenvalue weighted by molar-refractivity contribution is -0.132. The van der Waals surface area contributed by atoms with Crippen molar-refractivity contribution in [2.45, 2.75) is 52.4 Å². The quantitative estimate of drug-likeness (QED) is 0.220. The number of ether oxygens (including phenoxy) is 3. The van der Waals surface area contributed by atoms with Crippen LogP contribution in [0.25, 0.3) is 0 Å². The number of carbonyl (C=O) groups is 1. The topological polar surface area (TPSA) is 44.8 Å². The molecule has 3 aromatic rings. The Morgan fingerprint density at radius 2 is 1.58 bits per heavy atom. The maximum absolute atomic E-state index is 11.4. The Bertz CT molecular complexity index is 950. The maximum Gasteiger partial charge on any atom is 0.308 e. The smallest absolute Gasteiger partial charge is 0.308 e. The van der Waals surface area contributed by atoms with Crippen molar-refractivity contribution in [3.63, 3.8) is 0 Å². The van der Waals surface area contributed by atoms with E-state index in [-0.39, 0.29) is 12.6 Å². The summed E-state index contributed by atoms with van der Waals surface area (Å²) in [5, 5.41) is 0. The third-order valence-corrected chi connectivity index (χ3v) is 5.23. The van der Waals surface area contributed by atoms with Gasteiger partial charge in [0, 0.05) is 18.9 Å². The normalized spacial score (nSPS) is 12.7. The van der Waals surface area contributed by atoms with Crippen molar-refractivity contribution < 1.29 is 19.0 Å². The van der Waals surface area contributed by atoms with E-state index in [1.54, 1.807) is 6.07 Å². The van der Waals surface area contributed by atoms with Crippen LogP contribution in [0.4, 0.5) is 0 Å². The molecule has 2 atom stereocenters. The van der Waals surface area contributed by atoms with Crippen LogP contribution in [-0.2, 0) is 22.6 Å². The molecule has 3 aromatic carbocycles. The summed E-state index contributed by atoms with van der Waals surface area (Å²) in [7, 11) is 0. The number of hydrogen-bond acceptors (Lipinski definition) is 4. The summed E-state index contributed by atoms with van der Waals surface area (Å²) in [6.45, 7) is 6.07. The minimum absolute atomic E-state index is 0.270. The molecule has 0 aliphatic carbocycles. The molecule has 3 rings (SSSR count). The minimum Gasteiger partial charge on any atom is -0.465 e. The molecule has 0 saturated heterocycles. The molecule has 0 heterocycles. The summed E-state index contributed by atoms with van der Waals surface area (Å²) in [5.74, 6) is 1.43. The summed E-state index contributed by atoms with van der Waals surface area (Å²) in [5.41, 5.74) is 3.22. The van der Waals surface area contributed by atoms with E-state index >= 15 is 0 Å². The predicted molar refractivity (Wildman–Crippen MR) is 122 cm³/mol. The third kappa shape index (κ3) is 6.97. The average Bonchev–Trinajstić information content (AvgIpc) is 2.78. The minimum atomic E-state index is -0.484. The monoisotopic (exact) mass is 418 g/mol. The SMILES string of the molecule is CCC(C)c1ccc(OC(Cc2ccccc2)OCc2ccccc2OC(C)=O)cc1. The second-order valence-corrected chi connectivity index (χ2v) is 7.63. The van der Waals surface area contributed by atoms with E-state index in [4.69, 9.17) is 14.2 Å². The van der Waals surface area contributed by atoms with Gasteiger partial charge in [-0.3, -0.25) is 4.79 Å². The van der Waals surface area contributed by atoms with Crippen LogP contribution in [0.2, 0.25) is 0 Å². The van der Waals surface area contributed by atoms with Gasteiger partial charge >= 0.3 is 5.97 Å². The highest BCUT2D eigenvalue weighted by Gasteiger charge is 2.15. The van der Waals surface area contributed by atoms with Crippen LogP contribution in [0, 0.1) is 0 Å². The molecule has 4 heteroatoms. The molecule has 0 bridgehead atoms. The summed E-state index contributed by atoms with van der Waals surface area (Å²) in [6, 6.07) is 25.7. The highest BCUT2D eigenvalue weighted by molar-refractivity contribution is 5.69. The van der Waals surface area contributed by atoms with E-state index in [1.807, 2.05) is 48.5 Å². The Morgan fingerprint density at radius 1 is 0.903 bits per heavy atom. The molecule has 0 saturated carbocycles. The number of benzene rings is 3. The van der Waals surface area contributed by atoms with Crippen LogP contribution in [0.15, 0.2) is 78.9 Å². The van der Waals surface area contributed by atoms with Gasteiger partial charge in [0.25, 0.3) is 0 Å². The fourth-order valence-corrected chi connectivity index (χ4v) is 3.26. The van der Waals surface area contributed by atoms with Gasteiger partial charge in [-0.2, -0.15) is 0 Å². The Labute approximate surface area is 184 Å². The lowest BCUT2D eigenvalue weighted by Crippen LogP contribution is -2.23. The zero-order valence-electron chi connectivity index (χ0n) is 18.4. The third-order valence-electron chi connectivity index (χ3n) is 5.23. The predicted octanol–water partition coefficient (Wildman–Crippen LogP) is 6.29. The first-order valence-electron chi connectivity index (χ1n) is 10.7. The van der Waals surface area contributed by atoms with Crippen molar-refractivity contribution in [3.05, 3.63) is 95.6 Å². The highest BCUT2D eigenvalue weighted by atomic mass is 16.7. The van der Waals surface area contributed by atoms with Crippen molar-refractivity contribution in [2.75, 3.05) is 0 Å². The fourth-order valence-electron chi connectivity index (χ4n) is 3.26. The van der Waals surface area contributed by atoms with Crippen molar-refractivity contribution in [1.82, 2.24) is 0 Å². The largest absolute Gasteiger partial charge is 0.465 e. The van der Waals surface area contributed by atoms with Crippen LogP contribution in [-0.4, -0.2) is 12.3 Å². The molecule has 0 fully saturated rings. The number of esters is 1. The van der Waals surface area contributed by atoms with E-state index in [0.29, 0.717) is 18.1 Å². The zero-order chi connectivity index (χ0) is 22.1. The molecule has 0 aromatic heterocycles. The van der Waals surface area contributed by atoms with Gasteiger partial charge in [-0.15, -0.1) is 0 Å². The fraction of sp³-hybridized carbons (Fsp3) is 0.296. The van der Waals surface area contributed by atoms with Crippen molar-refractivity contribution in [1.29, 1.82) is 0 Å². The first-order chi connectivity index (χ1) is 15.0. The molecule has 2 unspecified atom stereocenters. The van der Waals surface area contributed by atoms with Crippen molar-refractivity contribution in [3.8, 4) is 11.5 Å². The van der Waals surface area contributed by atoms with Crippen molar-refractivity contribution >= 4 is 5.97 Å². The van der Waals surface area contributed by atoms with Gasteiger partial charge in [0.05, 0.1) is 6.61 Å². The molecule has 4 nitrogen and oxygen atoms in total. The Kier molecular flexibility index (Phi) is 8.25. The van der Waals surface area contributed by atoms with Gasteiger partial charge in [-0.05, 0) is 41.7 Å². The molecular weight excluding hydrogens is 388 g/mol. The average molecular weight is 419 g/mol. The lowest BCUT2D eigenvalue weighted by Gasteiger charge is -2.21. The summed E-state index contributed by atoms with van der Waals surface area (Å²) >= 11 is 0. The van der Waals surface area contributed by atoms with Crippen LogP contribution in [0.5, 0.6) is 11.5 Å². The second kappa shape index (κ2) is 11.3. The van der Waals surface area contributed by atoms with Gasteiger partial charge in [-0.25, -0.2) is 0 Å². The first kappa shape index (κ1) is 22.6. The summed E-state index contributed by atoms with van der Waals surface area (Å²) < 4.78 is 17.6. The van der Waals surface area contributed by atoms with Crippen molar-refractivity contribution in [2.24, 2.45) is 0 Å². The second-order valence-electron chi connectivity index (χ2n) is 7.63. The van der Waals surface area contributed by atoms with Crippen LogP contribution < -0.4 is 9.47 Å². The molecule has 0 amide bonds. The molecule has 0 N–H and O–H groups in total. The first-order valence-corrected chi connectivity index (χ1v) is 10.7. The lowest BCUT2D eigenvalue weighted by atomic mass is 9.99. The Balaban J connectivity index is 1.73. The van der Waals surface area contributed by atoms with E-state index < -0.39 is 6.29 Å². The molecule has 0 radical (unpaired) electrons.